The number of carbonyl (C=O) groups excluding carboxylic acids is 1. The summed E-state index contributed by atoms with van der Waals surface area (Å²) in [6.07, 6.45) is 6.43. The molecule has 1 amide bonds. The second kappa shape index (κ2) is 11.8. The van der Waals surface area contributed by atoms with E-state index in [0.29, 0.717) is 31.6 Å². The largest absolute Gasteiger partial charge is 0.481 e. The molecule has 0 saturated heterocycles. The van der Waals surface area contributed by atoms with Crippen LogP contribution in [0.2, 0.25) is 0 Å². The molecule has 1 aliphatic carbocycles. The molecule has 3 aromatic carbocycles. The third kappa shape index (κ3) is 6.00. The van der Waals surface area contributed by atoms with Gasteiger partial charge in [-0.1, -0.05) is 81.1 Å². The monoisotopic (exact) mass is 525 g/mol. The molecule has 39 heavy (non-hydrogen) atoms. The first kappa shape index (κ1) is 26.5. The molecule has 202 valence electrons. The lowest BCUT2D eigenvalue weighted by atomic mass is 9.85. The van der Waals surface area contributed by atoms with Crippen LogP contribution in [-0.4, -0.2) is 49.1 Å². The summed E-state index contributed by atoms with van der Waals surface area (Å²) in [5.41, 5.74) is 3.28. The standard InChI is InChI=1S/C31H35N5O3/c1-2-3-4-7-28(37)36(21-31(30(38)39)16-5-6-17-31)20-22-8-9-27-19-26(15-14-25(27)18-22)23-10-12-24(13-11-23)29-32-34-35-33-29/h8-15,18-19H,2-7,16-17,20-21H2,1H3,(H,38,39)(H,32,33,34,35). The highest BCUT2D eigenvalue weighted by Crippen LogP contribution is 2.39. The number of aromatic nitrogens is 4. The molecule has 5 rings (SSSR count). The summed E-state index contributed by atoms with van der Waals surface area (Å²) < 4.78 is 0. The number of H-pyrrole nitrogens is 1. The zero-order valence-corrected chi connectivity index (χ0v) is 22.4. The fourth-order valence-corrected chi connectivity index (χ4v) is 5.66. The van der Waals surface area contributed by atoms with E-state index in [1.807, 2.05) is 24.3 Å². The van der Waals surface area contributed by atoms with Crippen LogP contribution in [0.1, 0.15) is 63.9 Å². The van der Waals surface area contributed by atoms with Gasteiger partial charge in [-0.2, -0.15) is 5.21 Å². The summed E-state index contributed by atoms with van der Waals surface area (Å²) in [5.74, 6) is -0.161. The second-order valence-corrected chi connectivity index (χ2v) is 10.7. The quantitative estimate of drug-likeness (QED) is 0.224. The van der Waals surface area contributed by atoms with Crippen LogP contribution in [0.3, 0.4) is 0 Å². The molecule has 1 heterocycles. The molecular weight excluding hydrogens is 490 g/mol. The molecule has 0 aliphatic heterocycles. The van der Waals surface area contributed by atoms with E-state index in [1.165, 1.54) is 0 Å². The molecule has 0 bridgehead atoms. The molecule has 1 aromatic heterocycles. The van der Waals surface area contributed by atoms with Gasteiger partial charge in [0.25, 0.3) is 0 Å². The van der Waals surface area contributed by atoms with Gasteiger partial charge >= 0.3 is 5.97 Å². The molecule has 0 radical (unpaired) electrons. The Labute approximate surface area is 228 Å². The predicted molar refractivity (Wildman–Crippen MR) is 151 cm³/mol. The molecule has 0 spiro atoms. The van der Waals surface area contributed by atoms with Gasteiger partial charge in [0.1, 0.15) is 0 Å². The van der Waals surface area contributed by atoms with Crippen molar-refractivity contribution in [3.8, 4) is 22.5 Å². The maximum atomic E-state index is 13.3. The molecule has 8 nitrogen and oxygen atoms in total. The minimum Gasteiger partial charge on any atom is -0.481 e. The Kier molecular flexibility index (Phi) is 8.00. The summed E-state index contributed by atoms with van der Waals surface area (Å²) in [6.45, 7) is 2.82. The highest BCUT2D eigenvalue weighted by atomic mass is 16.4. The second-order valence-electron chi connectivity index (χ2n) is 10.7. The lowest BCUT2D eigenvalue weighted by Crippen LogP contribution is -2.44. The van der Waals surface area contributed by atoms with Gasteiger partial charge in [-0.3, -0.25) is 9.59 Å². The third-order valence-electron chi connectivity index (χ3n) is 7.95. The van der Waals surface area contributed by atoms with Crippen molar-refractivity contribution in [2.45, 2.75) is 64.8 Å². The number of nitrogens with zero attached hydrogens (tertiary/aromatic N) is 4. The summed E-state index contributed by atoms with van der Waals surface area (Å²) in [6, 6.07) is 20.7. The Morgan fingerprint density at radius 2 is 1.62 bits per heavy atom. The number of hydrogen-bond acceptors (Lipinski definition) is 5. The molecule has 2 N–H and O–H groups in total. The number of nitrogens with one attached hydrogen (secondary N) is 1. The van der Waals surface area contributed by atoms with Gasteiger partial charge < -0.3 is 10.0 Å². The van der Waals surface area contributed by atoms with Crippen molar-refractivity contribution in [3.05, 3.63) is 66.2 Å². The van der Waals surface area contributed by atoms with Crippen molar-refractivity contribution < 1.29 is 14.7 Å². The molecule has 1 saturated carbocycles. The number of amides is 1. The first-order valence-electron chi connectivity index (χ1n) is 13.9. The fraction of sp³-hybridized carbons (Fsp3) is 0.387. The van der Waals surface area contributed by atoms with E-state index in [9.17, 15) is 14.7 Å². The van der Waals surface area contributed by atoms with E-state index in [-0.39, 0.29) is 12.5 Å². The van der Waals surface area contributed by atoms with Crippen molar-refractivity contribution in [1.82, 2.24) is 25.5 Å². The minimum absolute atomic E-state index is 0.0516. The number of aliphatic carboxylic acids is 1. The predicted octanol–water partition coefficient (Wildman–Crippen LogP) is 6.24. The Bertz CT molecular complexity index is 1430. The van der Waals surface area contributed by atoms with E-state index in [0.717, 1.165) is 65.1 Å². The molecule has 8 heteroatoms. The van der Waals surface area contributed by atoms with Gasteiger partial charge in [0.05, 0.1) is 5.41 Å². The first-order chi connectivity index (χ1) is 19.0. The van der Waals surface area contributed by atoms with E-state index < -0.39 is 11.4 Å². The lowest BCUT2D eigenvalue weighted by Gasteiger charge is -2.32. The van der Waals surface area contributed by atoms with Crippen LogP contribution in [-0.2, 0) is 16.1 Å². The number of unbranched alkanes of at least 4 members (excludes halogenated alkanes) is 2. The summed E-state index contributed by atoms with van der Waals surface area (Å²) in [5, 5.41) is 26.4. The van der Waals surface area contributed by atoms with E-state index >= 15 is 0 Å². The highest BCUT2D eigenvalue weighted by Gasteiger charge is 2.43. The van der Waals surface area contributed by atoms with Gasteiger partial charge in [0, 0.05) is 25.1 Å². The molecule has 1 fully saturated rings. The number of aromatic amines is 1. The first-order valence-corrected chi connectivity index (χ1v) is 13.9. The Balaban J connectivity index is 1.35. The number of benzene rings is 3. The van der Waals surface area contributed by atoms with Gasteiger partial charge in [-0.25, -0.2) is 0 Å². The lowest BCUT2D eigenvalue weighted by molar-refractivity contribution is -0.151. The smallest absolute Gasteiger partial charge is 0.311 e. The average molecular weight is 526 g/mol. The number of hydrogen-bond donors (Lipinski definition) is 2. The van der Waals surface area contributed by atoms with Crippen molar-refractivity contribution in [1.29, 1.82) is 0 Å². The van der Waals surface area contributed by atoms with Gasteiger partial charge in [-0.05, 0) is 64.1 Å². The zero-order valence-electron chi connectivity index (χ0n) is 22.4. The van der Waals surface area contributed by atoms with Crippen LogP contribution in [0.15, 0.2) is 60.7 Å². The van der Waals surface area contributed by atoms with Gasteiger partial charge in [0.2, 0.25) is 11.7 Å². The molecule has 0 unspecified atom stereocenters. The van der Waals surface area contributed by atoms with Crippen molar-refractivity contribution in [2.75, 3.05) is 6.54 Å². The number of rotatable bonds is 11. The SMILES string of the molecule is CCCCCC(=O)N(Cc1ccc2cc(-c3ccc(-c4nn[nH]n4)cc3)ccc2c1)CC1(C(=O)O)CCCC1. The Morgan fingerprint density at radius 1 is 0.923 bits per heavy atom. The fourth-order valence-electron chi connectivity index (χ4n) is 5.66. The number of carbonyl (C=O) groups is 2. The van der Waals surface area contributed by atoms with Crippen molar-refractivity contribution in [2.24, 2.45) is 5.41 Å². The van der Waals surface area contributed by atoms with Crippen LogP contribution in [0.5, 0.6) is 0 Å². The normalized spacial score (nSPS) is 14.5. The van der Waals surface area contributed by atoms with Crippen LogP contribution in [0.25, 0.3) is 33.3 Å². The average Bonchev–Trinajstić information content (AvgIpc) is 3.66. The minimum atomic E-state index is -0.828. The van der Waals surface area contributed by atoms with E-state index in [2.05, 4.69) is 63.9 Å². The van der Waals surface area contributed by atoms with E-state index in [1.54, 1.807) is 4.90 Å². The molecule has 4 aromatic rings. The van der Waals surface area contributed by atoms with Crippen LogP contribution in [0.4, 0.5) is 0 Å². The summed E-state index contributed by atoms with van der Waals surface area (Å²) in [7, 11) is 0. The molecular formula is C31H35N5O3. The number of fused-ring (bicyclic) bond motifs is 1. The topological polar surface area (TPSA) is 112 Å². The maximum absolute atomic E-state index is 13.3. The summed E-state index contributed by atoms with van der Waals surface area (Å²) >= 11 is 0. The van der Waals surface area contributed by atoms with Crippen molar-refractivity contribution >= 4 is 22.6 Å². The van der Waals surface area contributed by atoms with Gasteiger partial charge in [0.15, 0.2) is 0 Å². The number of carboxylic acid groups (broad SMARTS) is 1. The van der Waals surface area contributed by atoms with E-state index in [4.69, 9.17) is 0 Å². The molecule has 1 aliphatic rings. The van der Waals surface area contributed by atoms with Crippen LogP contribution >= 0.6 is 0 Å². The third-order valence-corrected chi connectivity index (χ3v) is 7.95. The number of carboxylic acids is 1. The maximum Gasteiger partial charge on any atom is 0.311 e. The van der Waals surface area contributed by atoms with Gasteiger partial charge in [-0.15, -0.1) is 10.2 Å². The highest BCUT2D eigenvalue weighted by molar-refractivity contribution is 5.88. The molecule has 0 atom stereocenters. The Hall–Kier alpha value is -4.07. The summed E-state index contributed by atoms with van der Waals surface area (Å²) in [4.78, 5) is 27.3. The van der Waals surface area contributed by atoms with Crippen LogP contribution in [0, 0.1) is 5.41 Å². The number of tetrazole rings is 1. The Morgan fingerprint density at radius 3 is 2.31 bits per heavy atom. The van der Waals surface area contributed by atoms with Crippen LogP contribution < -0.4 is 0 Å². The zero-order chi connectivity index (χ0) is 27.2. The van der Waals surface area contributed by atoms with Crippen molar-refractivity contribution in [3.63, 3.8) is 0 Å².